The Kier molecular flexibility index (Phi) is 6.56. The van der Waals surface area contributed by atoms with Crippen molar-refractivity contribution in [3.63, 3.8) is 0 Å². The summed E-state index contributed by atoms with van der Waals surface area (Å²) in [6.45, 7) is 6.31. The van der Waals surface area contributed by atoms with E-state index in [2.05, 4.69) is 65.7 Å². The topological polar surface area (TPSA) is 52.9 Å². The molecule has 2 aromatic carbocycles. The summed E-state index contributed by atoms with van der Waals surface area (Å²) in [7, 11) is 0. The predicted molar refractivity (Wildman–Crippen MR) is 150 cm³/mol. The van der Waals surface area contributed by atoms with E-state index in [-0.39, 0.29) is 12.5 Å². The average molecular weight is 494 g/mol. The van der Waals surface area contributed by atoms with Crippen molar-refractivity contribution in [2.24, 2.45) is 0 Å². The third-order valence-corrected chi connectivity index (χ3v) is 8.02. The quantitative estimate of drug-likeness (QED) is 0.373. The molecule has 4 aromatic rings. The fourth-order valence-corrected chi connectivity index (χ4v) is 5.93. The first-order valence-electron chi connectivity index (χ1n) is 13.6. The molecule has 6 heteroatoms. The molecular formula is C31H35N5O. The largest absolute Gasteiger partial charge is 0.372 e. The number of pyridine rings is 1. The molecule has 0 aliphatic carbocycles. The molecule has 0 bridgehead atoms. The number of likely N-dealkylation sites (tertiary alicyclic amines) is 1. The number of benzene rings is 2. The van der Waals surface area contributed by atoms with Gasteiger partial charge in [-0.2, -0.15) is 0 Å². The molecule has 190 valence electrons. The van der Waals surface area contributed by atoms with E-state index in [1.165, 1.54) is 29.7 Å². The minimum Gasteiger partial charge on any atom is -0.372 e. The van der Waals surface area contributed by atoms with Crippen LogP contribution in [0.3, 0.4) is 0 Å². The number of nitrogens with zero attached hydrogens (tertiary/aromatic N) is 4. The Bertz CT molecular complexity index is 1380. The van der Waals surface area contributed by atoms with E-state index in [4.69, 9.17) is 4.98 Å². The summed E-state index contributed by atoms with van der Waals surface area (Å²) < 4.78 is 2.04. The van der Waals surface area contributed by atoms with Crippen LogP contribution in [0.5, 0.6) is 0 Å². The highest BCUT2D eigenvalue weighted by Gasteiger charge is 2.25. The second-order valence-corrected chi connectivity index (χ2v) is 10.3. The Morgan fingerprint density at radius 3 is 2.41 bits per heavy atom. The van der Waals surface area contributed by atoms with Crippen LogP contribution in [0.1, 0.15) is 42.7 Å². The van der Waals surface area contributed by atoms with Crippen molar-refractivity contribution in [3.05, 3.63) is 84.1 Å². The smallest absolute Gasteiger partial charge is 0.241 e. The van der Waals surface area contributed by atoms with Crippen LogP contribution in [0.4, 0.5) is 11.5 Å². The molecule has 4 heterocycles. The molecular weight excluding hydrogens is 458 g/mol. The van der Waals surface area contributed by atoms with E-state index in [9.17, 15) is 4.79 Å². The maximum absolute atomic E-state index is 13.2. The number of aryl methyl sites for hydroxylation is 1. The molecule has 2 saturated heterocycles. The van der Waals surface area contributed by atoms with Gasteiger partial charge in [0.15, 0.2) is 0 Å². The number of fused-ring (bicyclic) bond motifs is 1. The minimum atomic E-state index is 0.143. The van der Waals surface area contributed by atoms with Gasteiger partial charge in [-0.15, -0.1) is 0 Å². The van der Waals surface area contributed by atoms with Crippen molar-refractivity contribution in [1.82, 2.24) is 14.3 Å². The van der Waals surface area contributed by atoms with Crippen molar-refractivity contribution >= 4 is 23.1 Å². The number of hydrogen-bond donors (Lipinski definition) is 1. The van der Waals surface area contributed by atoms with Gasteiger partial charge in [0.2, 0.25) is 5.91 Å². The summed E-state index contributed by atoms with van der Waals surface area (Å²) in [4.78, 5) is 22.6. The fraction of sp³-hybridized carbons (Fsp3) is 0.355. The Morgan fingerprint density at radius 1 is 0.919 bits per heavy atom. The zero-order valence-electron chi connectivity index (χ0n) is 21.6. The number of aromatic nitrogens is 2. The highest BCUT2D eigenvalue weighted by atomic mass is 16.2. The summed E-state index contributed by atoms with van der Waals surface area (Å²) in [5.74, 6) is 1.55. The monoisotopic (exact) mass is 493 g/mol. The summed E-state index contributed by atoms with van der Waals surface area (Å²) in [6, 6.07) is 23.3. The maximum atomic E-state index is 13.2. The number of anilines is 2. The van der Waals surface area contributed by atoms with E-state index >= 15 is 0 Å². The molecule has 0 unspecified atom stereocenters. The van der Waals surface area contributed by atoms with Gasteiger partial charge < -0.3 is 15.1 Å². The molecule has 6 nitrogen and oxygen atoms in total. The van der Waals surface area contributed by atoms with Gasteiger partial charge in [-0.1, -0.05) is 42.5 Å². The molecule has 2 aliphatic rings. The first-order chi connectivity index (χ1) is 18.2. The van der Waals surface area contributed by atoms with Gasteiger partial charge in [0.25, 0.3) is 0 Å². The minimum absolute atomic E-state index is 0.143. The van der Waals surface area contributed by atoms with Crippen molar-refractivity contribution in [2.45, 2.75) is 38.5 Å². The number of amides is 1. The molecule has 0 atom stereocenters. The molecule has 2 aliphatic heterocycles. The molecule has 0 saturated carbocycles. The zero-order chi connectivity index (χ0) is 25.2. The predicted octanol–water partition coefficient (Wildman–Crippen LogP) is 5.73. The number of hydrogen-bond acceptors (Lipinski definition) is 4. The average Bonchev–Trinajstić information content (AvgIpc) is 3.61. The van der Waals surface area contributed by atoms with E-state index in [1.807, 2.05) is 33.7 Å². The van der Waals surface area contributed by atoms with Crippen LogP contribution in [-0.4, -0.2) is 52.9 Å². The van der Waals surface area contributed by atoms with Crippen molar-refractivity contribution in [2.75, 3.05) is 42.9 Å². The van der Waals surface area contributed by atoms with Crippen LogP contribution in [0.25, 0.3) is 16.9 Å². The lowest BCUT2D eigenvalue weighted by atomic mass is 9.87. The lowest BCUT2D eigenvalue weighted by Gasteiger charge is -2.33. The highest BCUT2D eigenvalue weighted by molar-refractivity contribution is 5.84. The van der Waals surface area contributed by atoms with Gasteiger partial charge >= 0.3 is 0 Å². The van der Waals surface area contributed by atoms with Crippen LogP contribution in [0, 0.1) is 6.92 Å². The second-order valence-electron chi connectivity index (χ2n) is 10.3. The lowest BCUT2D eigenvalue weighted by molar-refractivity contribution is -0.130. The third-order valence-electron chi connectivity index (χ3n) is 8.02. The van der Waals surface area contributed by atoms with E-state index < -0.39 is 0 Å². The van der Waals surface area contributed by atoms with Gasteiger partial charge in [0.05, 0.1) is 6.54 Å². The van der Waals surface area contributed by atoms with Crippen LogP contribution in [0.2, 0.25) is 0 Å². The Balaban J connectivity index is 1.16. The van der Waals surface area contributed by atoms with Crippen LogP contribution < -0.4 is 10.2 Å². The standard InChI is InChI=1S/C31H35N5O/c1-23-8-2-3-9-27(23)24-15-20-35(21-16-24)29(37)22-32-31-30(33-28-10-4-5-19-36(28)31)25-11-13-26(14-12-25)34-17-6-7-18-34/h2-5,8-14,19,24,32H,6-7,15-18,20-22H2,1H3. The molecule has 0 spiro atoms. The van der Waals surface area contributed by atoms with Gasteiger partial charge in [-0.05, 0) is 73.9 Å². The van der Waals surface area contributed by atoms with Gasteiger partial charge in [0, 0.05) is 43.6 Å². The molecule has 2 fully saturated rings. The van der Waals surface area contributed by atoms with E-state index in [1.54, 1.807) is 0 Å². The van der Waals surface area contributed by atoms with Crippen molar-refractivity contribution in [3.8, 4) is 11.3 Å². The molecule has 1 amide bonds. The molecule has 2 aromatic heterocycles. The first-order valence-corrected chi connectivity index (χ1v) is 13.6. The maximum Gasteiger partial charge on any atom is 0.241 e. The molecule has 0 radical (unpaired) electrons. The van der Waals surface area contributed by atoms with Gasteiger partial charge in [0.1, 0.15) is 17.2 Å². The zero-order valence-corrected chi connectivity index (χ0v) is 21.6. The summed E-state index contributed by atoms with van der Waals surface area (Å²) in [5.41, 5.74) is 6.85. The molecule has 1 N–H and O–H groups in total. The van der Waals surface area contributed by atoms with Crippen LogP contribution >= 0.6 is 0 Å². The highest BCUT2D eigenvalue weighted by Crippen LogP contribution is 2.32. The number of carbonyl (C=O) groups excluding carboxylic acids is 1. The molecule has 6 rings (SSSR count). The normalized spacial score (nSPS) is 16.5. The summed E-state index contributed by atoms with van der Waals surface area (Å²) >= 11 is 0. The number of nitrogens with one attached hydrogen (secondary N) is 1. The van der Waals surface area contributed by atoms with Crippen LogP contribution in [0.15, 0.2) is 72.9 Å². The number of carbonyl (C=O) groups is 1. The summed E-state index contributed by atoms with van der Waals surface area (Å²) in [6.07, 6.45) is 6.56. The number of imidazole rings is 1. The number of piperidine rings is 1. The lowest BCUT2D eigenvalue weighted by Crippen LogP contribution is -2.41. The Hall–Kier alpha value is -3.80. The third kappa shape index (κ3) is 4.80. The van der Waals surface area contributed by atoms with Gasteiger partial charge in [-0.3, -0.25) is 9.20 Å². The Morgan fingerprint density at radius 2 is 1.65 bits per heavy atom. The second kappa shape index (κ2) is 10.3. The van der Waals surface area contributed by atoms with E-state index in [0.717, 1.165) is 61.7 Å². The Labute approximate surface area is 218 Å². The van der Waals surface area contributed by atoms with Crippen molar-refractivity contribution < 1.29 is 4.79 Å². The van der Waals surface area contributed by atoms with Gasteiger partial charge in [-0.25, -0.2) is 4.98 Å². The summed E-state index contributed by atoms with van der Waals surface area (Å²) in [5, 5.41) is 3.45. The van der Waals surface area contributed by atoms with Crippen LogP contribution in [-0.2, 0) is 4.79 Å². The fourth-order valence-electron chi connectivity index (χ4n) is 5.93. The first kappa shape index (κ1) is 23.6. The van der Waals surface area contributed by atoms with Crippen molar-refractivity contribution in [1.29, 1.82) is 0 Å². The van der Waals surface area contributed by atoms with E-state index in [0.29, 0.717) is 5.92 Å². The molecule has 37 heavy (non-hydrogen) atoms. The SMILES string of the molecule is Cc1ccccc1C1CCN(C(=O)CNc2c(-c3ccc(N4CCCC4)cc3)nc3ccccn23)CC1. The number of rotatable bonds is 6.